The summed E-state index contributed by atoms with van der Waals surface area (Å²) in [7, 11) is -14.8. The SMILES string of the molecule is O=S(=O)([N-]c1nccs1)c1ccc2ccccc2c1.O=S(=O)([N-]c1nccs1)c1ccc2ccccc2c1.O=S(=O)([N-]c1nccs1)c1ccc2ccccc2c1.O=S(=O)([N-]c1nccs1)c1ccc2ccccc2c1.[Cu+2].[Cu+2]. The minimum absolute atomic E-state index is 0. The van der Waals surface area contributed by atoms with Gasteiger partial charge in [-0.3, -0.25) is 0 Å². The molecule has 12 rings (SSSR count). The van der Waals surface area contributed by atoms with Gasteiger partial charge in [-0.15, -0.1) is 0 Å². The van der Waals surface area contributed by atoms with Crippen LogP contribution in [0.2, 0.25) is 0 Å². The molecule has 0 bridgehead atoms. The summed E-state index contributed by atoms with van der Waals surface area (Å²) in [5.74, 6) is 0. The molecule has 0 aliphatic carbocycles. The van der Waals surface area contributed by atoms with E-state index in [1.807, 2.05) is 97.1 Å². The van der Waals surface area contributed by atoms with E-state index in [0.29, 0.717) is 0 Å². The maximum atomic E-state index is 12.1. The number of benzene rings is 8. The number of hydrogen-bond donors (Lipinski definition) is 0. The molecule has 26 heteroatoms. The van der Waals surface area contributed by atoms with Gasteiger partial charge in [0.05, 0.1) is 19.6 Å². The quantitative estimate of drug-likeness (QED) is 0.104. The molecule has 0 fully saturated rings. The molecular formula is C52H36Cu2N8O8S8. The van der Waals surface area contributed by atoms with E-state index in [4.69, 9.17) is 0 Å². The number of aromatic nitrogens is 4. The number of nitrogens with zero attached hydrogens (tertiary/aromatic N) is 8. The maximum absolute atomic E-state index is 12.1. The monoisotopic (exact) mass is 1280 g/mol. The molecule has 0 N–H and O–H groups in total. The standard InChI is InChI=1S/4C13H9N2O2S2.2Cu/c4*16-19(17,15-13-14-7-8-18-13)12-6-5-10-3-1-2-4-11(10)9-12;;/h4*1-9H;;/q4*-1;2*+2. The van der Waals surface area contributed by atoms with Crippen molar-refractivity contribution in [2.45, 2.75) is 19.6 Å². The summed E-state index contributed by atoms with van der Waals surface area (Å²) in [6.07, 6.45) is 6.11. The Labute approximate surface area is 486 Å². The third kappa shape index (κ3) is 15.3. The normalized spacial score (nSPS) is 11.3. The largest absolute Gasteiger partial charge is 2.00 e. The summed E-state index contributed by atoms with van der Waals surface area (Å²) >= 11 is 4.76. The average Bonchev–Trinajstić information content (AvgIpc) is 4.31. The van der Waals surface area contributed by atoms with Crippen LogP contribution >= 0.6 is 45.3 Å². The molecule has 4 heterocycles. The van der Waals surface area contributed by atoms with Crippen molar-refractivity contribution in [3.05, 3.63) is 235 Å². The van der Waals surface area contributed by atoms with E-state index in [1.165, 1.54) is 70.1 Å². The molecule has 0 aliphatic rings. The Morgan fingerprint density at radius 2 is 0.462 bits per heavy atom. The van der Waals surface area contributed by atoms with Crippen molar-refractivity contribution < 1.29 is 67.8 Å². The molecule has 402 valence electrons. The first-order valence-electron chi connectivity index (χ1n) is 22.1. The second-order valence-electron chi connectivity index (χ2n) is 15.6. The van der Waals surface area contributed by atoms with Gasteiger partial charge >= 0.3 is 34.1 Å². The average molecular weight is 1280 g/mol. The number of rotatable bonds is 12. The molecule has 0 unspecified atom stereocenters. The van der Waals surface area contributed by atoms with Crippen molar-refractivity contribution in [3.63, 3.8) is 0 Å². The van der Waals surface area contributed by atoms with E-state index >= 15 is 0 Å². The zero-order chi connectivity index (χ0) is 53.2. The Kier molecular flexibility index (Phi) is 19.9. The van der Waals surface area contributed by atoms with Crippen molar-refractivity contribution in [3.8, 4) is 0 Å². The van der Waals surface area contributed by atoms with Gasteiger partial charge in [0, 0.05) is 20.5 Å². The maximum Gasteiger partial charge on any atom is 2.00 e. The minimum Gasteiger partial charge on any atom is -0.433 e. The summed E-state index contributed by atoms with van der Waals surface area (Å²) in [6, 6.07) is 50.2. The second-order valence-corrected chi connectivity index (χ2v) is 25.5. The Morgan fingerprint density at radius 1 is 0.269 bits per heavy atom. The number of sulfonamides is 4. The van der Waals surface area contributed by atoms with E-state index in [9.17, 15) is 33.7 Å². The number of fused-ring (bicyclic) bond motifs is 4. The molecule has 0 atom stereocenters. The predicted octanol–water partition coefficient (Wildman–Crippen LogP) is 14.8. The van der Waals surface area contributed by atoms with E-state index in [0.717, 1.165) is 43.1 Å². The van der Waals surface area contributed by atoms with Crippen molar-refractivity contribution in [2.24, 2.45) is 0 Å². The molecule has 0 saturated heterocycles. The van der Waals surface area contributed by atoms with Crippen LogP contribution in [0.15, 0.2) is 236 Å². The van der Waals surface area contributed by atoms with E-state index < -0.39 is 40.1 Å². The summed E-state index contributed by atoms with van der Waals surface area (Å²) in [6.45, 7) is 0. The zero-order valence-corrected chi connectivity index (χ0v) is 47.9. The molecule has 8 aromatic carbocycles. The molecule has 78 heavy (non-hydrogen) atoms. The van der Waals surface area contributed by atoms with Crippen LogP contribution < -0.4 is 0 Å². The molecule has 0 saturated carbocycles. The first-order valence-corrected chi connectivity index (χ1v) is 31.3. The molecule has 0 aliphatic heterocycles. The molecule has 2 radical (unpaired) electrons. The fourth-order valence-electron chi connectivity index (χ4n) is 6.98. The Balaban J connectivity index is 0.000000149. The van der Waals surface area contributed by atoms with E-state index in [-0.39, 0.29) is 74.2 Å². The van der Waals surface area contributed by atoms with Crippen LogP contribution in [0.4, 0.5) is 20.5 Å². The van der Waals surface area contributed by atoms with Gasteiger partial charge in [-0.2, -0.15) is 45.3 Å². The van der Waals surface area contributed by atoms with Crippen LogP contribution in [-0.4, -0.2) is 53.6 Å². The Bertz CT molecular complexity index is 3830. The van der Waals surface area contributed by atoms with Crippen LogP contribution in [0.1, 0.15) is 0 Å². The zero-order valence-electron chi connectivity index (χ0n) is 39.5. The smallest absolute Gasteiger partial charge is 0.433 e. The van der Waals surface area contributed by atoms with Crippen molar-refractivity contribution in [1.82, 2.24) is 19.9 Å². The molecule has 0 spiro atoms. The first kappa shape index (κ1) is 59.0. The third-order valence-corrected chi connectivity index (χ3v) is 18.7. The molecule has 4 aromatic heterocycles. The van der Waals surface area contributed by atoms with Crippen LogP contribution in [0.3, 0.4) is 0 Å². The van der Waals surface area contributed by atoms with Gasteiger partial charge < -0.3 is 38.8 Å². The van der Waals surface area contributed by atoms with Crippen molar-refractivity contribution >= 4 is 149 Å². The second kappa shape index (κ2) is 26.3. The van der Waals surface area contributed by atoms with E-state index in [1.54, 1.807) is 94.3 Å². The Hall–Kier alpha value is -6.64. The van der Waals surface area contributed by atoms with Crippen LogP contribution in [0.5, 0.6) is 0 Å². The van der Waals surface area contributed by atoms with Crippen LogP contribution in [0.25, 0.3) is 62.0 Å². The van der Waals surface area contributed by atoms with Crippen molar-refractivity contribution in [1.29, 1.82) is 0 Å². The number of thiazole rings is 4. The summed E-state index contributed by atoms with van der Waals surface area (Å²) in [4.78, 5) is 16.2. The first-order chi connectivity index (χ1) is 36.6. The predicted molar refractivity (Wildman–Crippen MR) is 305 cm³/mol. The fourth-order valence-corrected chi connectivity index (χ4v) is 13.8. The minimum atomic E-state index is -3.70. The number of hydrogen-bond acceptors (Lipinski definition) is 16. The summed E-state index contributed by atoms with van der Waals surface area (Å²) < 4.78 is 112. The van der Waals surface area contributed by atoms with Crippen molar-refractivity contribution in [2.75, 3.05) is 0 Å². The third-order valence-electron chi connectivity index (χ3n) is 10.5. The van der Waals surface area contributed by atoms with Crippen LogP contribution in [-0.2, 0) is 74.2 Å². The fraction of sp³-hybridized carbons (Fsp3) is 0. The van der Waals surface area contributed by atoms with Gasteiger partial charge in [0.25, 0.3) is 0 Å². The Morgan fingerprint density at radius 3 is 0.641 bits per heavy atom. The van der Waals surface area contributed by atoms with Gasteiger partial charge in [-0.25, -0.2) is 33.7 Å². The van der Waals surface area contributed by atoms with Gasteiger partial charge in [0.15, 0.2) is 0 Å². The molecule has 0 amide bonds. The van der Waals surface area contributed by atoms with Gasteiger partial charge in [-0.05, 0) is 113 Å². The van der Waals surface area contributed by atoms with Gasteiger partial charge in [0.1, 0.15) is 0 Å². The molecule has 16 nitrogen and oxygen atoms in total. The summed E-state index contributed by atoms with van der Waals surface area (Å²) in [5, 5.41) is 15.2. The molecule has 12 aromatic rings. The van der Waals surface area contributed by atoms with E-state index in [2.05, 4.69) is 38.8 Å². The summed E-state index contributed by atoms with van der Waals surface area (Å²) in [5.41, 5.74) is 0. The van der Waals surface area contributed by atoms with Gasteiger partial charge in [0.2, 0.25) is 40.1 Å². The molecular weight excluding hydrogens is 1250 g/mol. The topological polar surface area (TPSA) is 245 Å². The van der Waals surface area contributed by atoms with Crippen LogP contribution in [0, 0.1) is 0 Å². The van der Waals surface area contributed by atoms with Gasteiger partial charge in [-0.1, -0.05) is 146 Å².